The topological polar surface area (TPSA) is 29.5 Å². The molecule has 70 valence electrons. The van der Waals surface area contributed by atoms with Crippen molar-refractivity contribution in [3.63, 3.8) is 0 Å². The molecule has 1 amide bonds. The minimum atomic E-state index is -0.815. The smallest absolute Gasteiger partial charge is 0.261 e. The van der Waals surface area contributed by atoms with Crippen molar-refractivity contribution in [1.82, 2.24) is 4.90 Å². The van der Waals surface area contributed by atoms with Crippen LogP contribution in [-0.4, -0.2) is 39.3 Å². The molecule has 0 unspecified atom stereocenters. The fourth-order valence-corrected chi connectivity index (χ4v) is 1.70. The first-order chi connectivity index (χ1) is 5.52. The lowest BCUT2D eigenvalue weighted by Gasteiger charge is -2.29. The van der Waals surface area contributed by atoms with Crippen LogP contribution in [0.5, 0.6) is 0 Å². The zero-order valence-electron chi connectivity index (χ0n) is 6.23. The molecule has 1 saturated heterocycles. The Morgan fingerprint density at radius 2 is 1.75 bits per heavy atom. The number of ether oxygens (including phenoxy) is 1. The first kappa shape index (κ1) is 10.9. The van der Waals surface area contributed by atoms with Gasteiger partial charge in [-0.2, -0.15) is 0 Å². The summed E-state index contributed by atoms with van der Waals surface area (Å²) in [5.74, 6) is -0.0224. The molecular weight excluding hydrogens is 358 g/mol. The molecule has 1 aliphatic heterocycles. The summed E-state index contributed by atoms with van der Waals surface area (Å²) in [6.45, 7) is 2.55. The largest absolute Gasteiger partial charge is 0.378 e. The number of rotatable bonds is 0. The molecule has 1 aliphatic rings. The normalized spacial score (nSPS) is 19.4. The summed E-state index contributed by atoms with van der Waals surface area (Å²) < 4.78 is 4.31. The maximum Gasteiger partial charge on any atom is 0.261 e. The number of amides is 1. The van der Waals surface area contributed by atoms with Crippen LogP contribution in [0.1, 0.15) is 0 Å². The molecule has 0 spiro atoms. The van der Waals surface area contributed by atoms with E-state index in [4.69, 9.17) is 4.74 Å². The summed E-state index contributed by atoms with van der Waals surface area (Å²) in [7, 11) is 0. The van der Waals surface area contributed by atoms with E-state index in [0.29, 0.717) is 26.3 Å². The molecule has 0 aliphatic carbocycles. The predicted molar refractivity (Wildman–Crippen MR) is 56.9 cm³/mol. The summed E-state index contributed by atoms with van der Waals surface area (Å²) in [6, 6.07) is 0. The van der Waals surface area contributed by atoms with Crippen LogP contribution in [0.15, 0.2) is 0 Å². The van der Waals surface area contributed by atoms with Gasteiger partial charge in [0.05, 0.1) is 13.2 Å². The third-order valence-corrected chi connectivity index (χ3v) is 2.56. The molecule has 0 atom stereocenters. The second-order valence-corrected chi connectivity index (χ2v) is 9.16. The van der Waals surface area contributed by atoms with Crippen molar-refractivity contribution in [3.8, 4) is 0 Å². The van der Waals surface area contributed by atoms with E-state index in [0.717, 1.165) is 0 Å². The Kier molecular flexibility index (Phi) is 4.01. The van der Waals surface area contributed by atoms with Crippen LogP contribution < -0.4 is 0 Å². The minimum absolute atomic E-state index is 0.0224. The van der Waals surface area contributed by atoms with Crippen LogP contribution in [0.3, 0.4) is 0 Å². The SMILES string of the molecule is O=C(N1CCOCC1)C(Br)(Br)Br. The highest BCUT2D eigenvalue weighted by Crippen LogP contribution is 2.35. The van der Waals surface area contributed by atoms with E-state index in [1.807, 2.05) is 0 Å². The van der Waals surface area contributed by atoms with Gasteiger partial charge in [0.25, 0.3) is 5.91 Å². The highest BCUT2D eigenvalue weighted by molar-refractivity contribution is 9.40. The van der Waals surface area contributed by atoms with Crippen molar-refractivity contribution >= 4 is 53.7 Å². The fourth-order valence-electron chi connectivity index (χ4n) is 0.946. The molecule has 0 bridgehead atoms. The summed E-state index contributed by atoms with van der Waals surface area (Å²) >= 11 is 9.54. The molecule has 3 nitrogen and oxygen atoms in total. The summed E-state index contributed by atoms with van der Waals surface area (Å²) in [5.41, 5.74) is 0. The predicted octanol–water partition coefficient (Wildman–Crippen LogP) is 1.68. The van der Waals surface area contributed by atoms with Gasteiger partial charge in [-0.15, -0.1) is 0 Å². The molecule has 0 saturated carbocycles. The molecule has 0 aromatic carbocycles. The summed E-state index contributed by atoms with van der Waals surface area (Å²) in [5, 5.41) is 0. The fraction of sp³-hybridized carbons (Fsp3) is 0.833. The monoisotopic (exact) mass is 363 g/mol. The van der Waals surface area contributed by atoms with Gasteiger partial charge in [0.1, 0.15) is 0 Å². The highest BCUT2D eigenvalue weighted by Gasteiger charge is 2.33. The molecule has 0 aromatic rings. The standard InChI is InChI=1S/C6H8Br3NO2/c7-6(8,9)5(11)10-1-3-12-4-2-10/h1-4H2. The maximum absolute atomic E-state index is 11.5. The number of halogens is 3. The lowest BCUT2D eigenvalue weighted by molar-refractivity contribution is -0.133. The average Bonchev–Trinajstić information content (AvgIpc) is 2.03. The van der Waals surface area contributed by atoms with Crippen LogP contribution >= 0.6 is 47.8 Å². The quantitative estimate of drug-likeness (QED) is 0.611. The molecule has 1 fully saturated rings. The summed E-state index contributed by atoms with van der Waals surface area (Å²) in [6.07, 6.45) is 0. The third kappa shape index (κ3) is 2.97. The number of morpholine rings is 1. The second-order valence-electron chi connectivity index (χ2n) is 2.40. The van der Waals surface area contributed by atoms with Gasteiger partial charge in [-0.05, 0) is 47.8 Å². The van der Waals surface area contributed by atoms with E-state index < -0.39 is 2.14 Å². The van der Waals surface area contributed by atoms with Crippen LogP contribution in [-0.2, 0) is 9.53 Å². The molecule has 0 aromatic heterocycles. The van der Waals surface area contributed by atoms with Gasteiger partial charge in [-0.1, -0.05) is 0 Å². The Hall–Kier alpha value is 0.870. The number of alkyl halides is 3. The van der Waals surface area contributed by atoms with Crippen molar-refractivity contribution in [2.24, 2.45) is 0 Å². The Morgan fingerprint density at radius 1 is 1.25 bits per heavy atom. The van der Waals surface area contributed by atoms with Crippen LogP contribution in [0.25, 0.3) is 0 Å². The van der Waals surface area contributed by atoms with Crippen molar-refractivity contribution < 1.29 is 9.53 Å². The van der Waals surface area contributed by atoms with E-state index in [-0.39, 0.29) is 5.91 Å². The molecule has 0 radical (unpaired) electrons. The zero-order chi connectivity index (χ0) is 9.19. The number of hydrogen-bond acceptors (Lipinski definition) is 2. The number of carbonyl (C=O) groups excluding carboxylic acids is 1. The number of nitrogens with zero attached hydrogens (tertiary/aromatic N) is 1. The Bertz CT molecular complexity index is 174. The molecular formula is C6H8Br3NO2. The van der Waals surface area contributed by atoms with E-state index in [1.54, 1.807) is 4.90 Å². The van der Waals surface area contributed by atoms with Crippen LogP contribution in [0.2, 0.25) is 0 Å². The first-order valence-electron chi connectivity index (χ1n) is 3.45. The number of carbonyl (C=O) groups is 1. The van der Waals surface area contributed by atoms with Crippen molar-refractivity contribution in [2.75, 3.05) is 26.3 Å². The Balaban J connectivity index is 2.51. The van der Waals surface area contributed by atoms with Gasteiger partial charge in [-0.25, -0.2) is 0 Å². The molecule has 12 heavy (non-hydrogen) atoms. The lowest BCUT2D eigenvalue weighted by Crippen LogP contribution is -2.45. The molecule has 6 heteroatoms. The van der Waals surface area contributed by atoms with Gasteiger partial charge >= 0.3 is 0 Å². The van der Waals surface area contributed by atoms with Gasteiger partial charge in [0.2, 0.25) is 2.14 Å². The van der Waals surface area contributed by atoms with Gasteiger partial charge in [0, 0.05) is 13.1 Å². The third-order valence-electron chi connectivity index (χ3n) is 1.54. The van der Waals surface area contributed by atoms with E-state index in [1.165, 1.54) is 0 Å². The average molecular weight is 366 g/mol. The van der Waals surface area contributed by atoms with Crippen LogP contribution in [0.4, 0.5) is 0 Å². The van der Waals surface area contributed by atoms with Crippen LogP contribution in [0, 0.1) is 0 Å². The molecule has 1 heterocycles. The molecule has 1 rings (SSSR count). The van der Waals surface area contributed by atoms with E-state index in [2.05, 4.69) is 47.8 Å². The van der Waals surface area contributed by atoms with E-state index in [9.17, 15) is 4.79 Å². The zero-order valence-corrected chi connectivity index (χ0v) is 11.0. The Morgan fingerprint density at radius 3 is 2.17 bits per heavy atom. The lowest BCUT2D eigenvalue weighted by atomic mass is 10.4. The first-order valence-corrected chi connectivity index (χ1v) is 5.83. The second kappa shape index (κ2) is 4.39. The maximum atomic E-state index is 11.5. The van der Waals surface area contributed by atoms with Gasteiger partial charge < -0.3 is 9.64 Å². The highest BCUT2D eigenvalue weighted by atomic mass is 80.0. The van der Waals surface area contributed by atoms with Crippen molar-refractivity contribution in [3.05, 3.63) is 0 Å². The van der Waals surface area contributed by atoms with E-state index >= 15 is 0 Å². The van der Waals surface area contributed by atoms with Crippen molar-refractivity contribution in [1.29, 1.82) is 0 Å². The van der Waals surface area contributed by atoms with Gasteiger partial charge in [-0.3, -0.25) is 4.79 Å². The molecule has 0 N–H and O–H groups in total. The summed E-state index contributed by atoms with van der Waals surface area (Å²) in [4.78, 5) is 13.3. The minimum Gasteiger partial charge on any atom is -0.378 e. The van der Waals surface area contributed by atoms with Gasteiger partial charge in [0.15, 0.2) is 0 Å². The van der Waals surface area contributed by atoms with Crippen molar-refractivity contribution in [2.45, 2.75) is 2.14 Å². The Labute approximate surface area is 96.2 Å². The number of hydrogen-bond donors (Lipinski definition) is 0.